The van der Waals surface area contributed by atoms with E-state index in [-0.39, 0.29) is 11.3 Å². The lowest BCUT2D eigenvalue weighted by molar-refractivity contribution is 0.0521. The van der Waals surface area contributed by atoms with Crippen molar-refractivity contribution in [1.29, 1.82) is 0 Å². The highest BCUT2D eigenvalue weighted by Gasteiger charge is 2.53. The number of benzene rings is 2. The van der Waals surface area contributed by atoms with Gasteiger partial charge in [0.05, 0.1) is 13.2 Å². The zero-order chi connectivity index (χ0) is 21.7. The van der Waals surface area contributed by atoms with E-state index in [1.807, 2.05) is 12.1 Å². The van der Waals surface area contributed by atoms with Crippen molar-refractivity contribution in [2.24, 2.45) is 5.92 Å². The summed E-state index contributed by atoms with van der Waals surface area (Å²) in [5.41, 5.74) is 7.04. The van der Waals surface area contributed by atoms with Gasteiger partial charge in [0, 0.05) is 29.6 Å². The quantitative estimate of drug-likeness (QED) is 0.644. The summed E-state index contributed by atoms with van der Waals surface area (Å²) < 4.78 is 5.38. The second kappa shape index (κ2) is 7.72. The van der Waals surface area contributed by atoms with Crippen LogP contribution in [0.5, 0.6) is 5.88 Å². The van der Waals surface area contributed by atoms with Gasteiger partial charge < -0.3 is 14.7 Å². The normalized spacial score (nSPS) is 25.4. The van der Waals surface area contributed by atoms with Crippen molar-refractivity contribution in [1.82, 2.24) is 9.88 Å². The highest BCUT2D eigenvalue weighted by atomic mass is 16.5. The summed E-state index contributed by atoms with van der Waals surface area (Å²) in [6.45, 7) is 3.10. The molecule has 32 heavy (non-hydrogen) atoms. The summed E-state index contributed by atoms with van der Waals surface area (Å²) in [7, 11) is 1.62. The fourth-order valence-corrected chi connectivity index (χ4v) is 6.67. The number of rotatable bonds is 5. The maximum atomic E-state index is 11.1. The second-order valence-electron chi connectivity index (χ2n) is 9.67. The molecule has 6 rings (SSSR count). The predicted octanol–water partition coefficient (Wildman–Crippen LogP) is 4.67. The average molecular weight is 427 g/mol. The van der Waals surface area contributed by atoms with E-state index < -0.39 is 6.10 Å². The first kappa shape index (κ1) is 20.0. The third-order valence-corrected chi connectivity index (χ3v) is 8.14. The first-order valence-electron chi connectivity index (χ1n) is 11.8. The number of nitrogens with zero attached hydrogens (tertiary/aromatic N) is 2. The molecule has 4 heteroatoms. The lowest BCUT2D eigenvalue weighted by Gasteiger charge is -2.40. The van der Waals surface area contributed by atoms with E-state index >= 15 is 0 Å². The number of aliphatic hydroxyl groups is 1. The van der Waals surface area contributed by atoms with Crippen LogP contribution < -0.4 is 4.74 Å². The number of pyridine rings is 1. The van der Waals surface area contributed by atoms with Gasteiger partial charge in [0.25, 0.3) is 0 Å². The smallest absolute Gasteiger partial charge is 0.218 e. The monoisotopic (exact) mass is 426 g/mol. The number of hydrogen-bond acceptors (Lipinski definition) is 4. The molecule has 0 unspecified atom stereocenters. The Labute approximate surface area is 189 Å². The van der Waals surface area contributed by atoms with Crippen molar-refractivity contribution in [3.63, 3.8) is 0 Å². The van der Waals surface area contributed by atoms with Crippen LogP contribution in [0.1, 0.15) is 59.1 Å². The zero-order valence-electron chi connectivity index (χ0n) is 18.6. The van der Waals surface area contributed by atoms with Crippen molar-refractivity contribution in [2.45, 2.75) is 36.7 Å². The fourth-order valence-electron chi connectivity index (χ4n) is 6.67. The molecule has 2 bridgehead atoms. The standard InChI is InChI=1S/C28H30N2O2/c1-32-27-22(9-6-14-29-27)26(31)19-12-15-30(16-13-19)18-28-17-23(20-7-2-4-10-24(20)28)21-8-3-5-11-25(21)28/h2-11,14,19,23,26,31H,12-13,15-18H2,1H3/t23?,26-,28?/m1/s1. The molecule has 1 N–H and O–H groups in total. The van der Waals surface area contributed by atoms with Crippen molar-refractivity contribution in [3.8, 4) is 5.88 Å². The Morgan fingerprint density at radius 2 is 1.66 bits per heavy atom. The summed E-state index contributed by atoms with van der Waals surface area (Å²) in [5, 5.41) is 11.1. The molecular weight excluding hydrogens is 396 g/mol. The largest absolute Gasteiger partial charge is 0.481 e. The molecule has 3 aromatic rings. The topological polar surface area (TPSA) is 45.6 Å². The zero-order valence-corrected chi connectivity index (χ0v) is 18.6. The lowest BCUT2D eigenvalue weighted by atomic mass is 9.74. The van der Waals surface area contributed by atoms with Gasteiger partial charge >= 0.3 is 0 Å². The number of piperidine rings is 1. The van der Waals surface area contributed by atoms with Crippen LogP contribution in [0.25, 0.3) is 0 Å². The molecule has 1 aromatic heterocycles. The van der Waals surface area contributed by atoms with Crippen LogP contribution in [-0.4, -0.2) is 41.7 Å². The maximum Gasteiger partial charge on any atom is 0.218 e. The summed E-state index contributed by atoms with van der Waals surface area (Å²) in [6, 6.07) is 22.0. The first-order valence-corrected chi connectivity index (χ1v) is 11.8. The third kappa shape index (κ3) is 2.93. The van der Waals surface area contributed by atoms with E-state index in [2.05, 4.69) is 58.4 Å². The molecule has 1 atom stereocenters. The highest BCUT2D eigenvalue weighted by molar-refractivity contribution is 5.62. The van der Waals surface area contributed by atoms with Crippen LogP contribution in [0.3, 0.4) is 0 Å². The Hall–Kier alpha value is -2.69. The van der Waals surface area contributed by atoms with Gasteiger partial charge in [-0.2, -0.15) is 0 Å². The number of fused-ring (bicyclic) bond motifs is 8. The van der Waals surface area contributed by atoms with E-state index in [1.165, 1.54) is 28.7 Å². The Kier molecular flexibility index (Phi) is 4.81. The Bertz CT molecular complexity index is 1090. The molecule has 1 saturated heterocycles. The van der Waals surface area contributed by atoms with Crippen molar-refractivity contribution >= 4 is 0 Å². The van der Waals surface area contributed by atoms with Gasteiger partial charge in [-0.25, -0.2) is 4.98 Å². The van der Waals surface area contributed by atoms with Crippen LogP contribution in [-0.2, 0) is 5.41 Å². The molecule has 0 amide bonds. The number of aromatic nitrogens is 1. The van der Waals surface area contributed by atoms with Gasteiger partial charge in [-0.15, -0.1) is 0 Å². The van der Waals surface area contributed by atoms with Crippen LogP contribution >= 0.6 is 0 Å². The molecule has 164 valence electrons. The minimum Gasteiger partial charge on any atom is -0.481 e. The number of hydrogen-bond donors (Lipinski definition) is 1. The van der Waals surface area contributed by atoms with Crippen LogP contribution in [0.2, 0.25) is 0 Å². The summed E-state index contributed by atoms with van der Waals surface area (Å²) in [5.74, 6) is 1.32. The van der Waals surface area contributed by atoms with Crippen LogP contribution in [0.15, 0.2) is 66.9 Å². The number of methoxy groups -OCH3 is 1. The summed E-state index contributed by atoms with van der Waals surface area (Å²) in [4.78, 5) is 6.90. The molecule has 1 fully saturated rings. The van der Waals surface area contributed by atoms with Gasteiger partial charge in [0.15, 0.2) is 0 Å². The molecule has 1 aliphatic heterocycles. The van der Waals surface area contributed by atoms with E-state index in [0.29, 0.717) is 11.8 Å². The molecule has 2 aromatic carbocycles. The summed E-state index contributed by atoms with van der Waals surface area (Å²) in [6.07, 6.45) is 4.36. The van der Waals surface area contributed by atoms with Gasteiger partial charge in [0.1, 0.15) is 0 Å². The first-order chi connectivity index (χ1) is 15.7. The summed E-state index contributed by atoms with van der Waals surface area (Å²) >= 11 is 0. The number of ether oxygens (including phenoxy) is 1. The fraction of sp³-hybridized carbons (Fsp3) is 0.393. The minimum atomic E-state index is -0.525. The SMILES string of the molecule is COc1ncccc1[C@H](O)C1CCN(CC23CC(c4ccccc42)c2ccccc23)CC1. The van der Waals surface area contributed by atoms with E-state index in [0.717, 1.165) is 38.0 Å². The number of likely N-dealkylation sites (tertiary alicyclic amines) is 1. The van der Waals surface area contributed by atoms with Gasteiger partial charge in [-0.1, -0.05) is 48.5 Å². The average Bonchev–Trinajstić information content (AvgIpc) is 3.36. The van der Waals surface area contributed by atoms with Crippen molar-refractivity contribution < 1.29 is 9.84 Å². The van der Waals surface area contributed by atoms with Gasteiger partial charge in [-0.05, 0) is 72.7 Å². The lowest BCUT2D eigenvalue weighted by Crippen LogP contribution is -2.44. The molecule has 2 aliphatic carbocycles. The van der Waals surface area contributed by atoms with E-state index in [9.17, 15) is 5.11 Å². The maximum absolute atomic E-state index is 11.1. The van der Waals surface area contributed by atoms with Crippen LogP contribution in [0, 0.1) is 5.92 Å². The van der Waals surface area contributed by atoms with Crippen LogP contribution in [0.4, 0.5) is 0 Å². The Morgan fingerprint density at radius 1 is 1.00 bits per heavy atom. The van der Waals surface area contributed by atoms with Crippen molar-refractivity contribution in [2.75, 3.05) is 26.7 Å². The molecule has 3 aliphatic rings. The predicted molar refractivity (Wildman–Crippen MR) is 125 cm³/mol. The Balaban J connectivity index is 1.22. The van der Waals surface area contributed by atoms with Gasteiger partial charge in [0.2, 0.25) is 5.88 Å². The number of aliphatic hydroxyl groups excluding tert-OH is 1. The molecule has 0 radical (unpaired) electrons. The molecule has 0 saturated carbocycles. The van der Waals surface area contributed by atoms with E-state index in [1.54, 1.807) is 13.3 Å². The Morgan fingerprint density at radius 3 is 2.31 bits per heavy atom. The minimum absolute atomic E-state index is 0.107. The third-order valence-electron chi connectivity index (χ3n) is 8.14. The highest BCUT2D eigenvalue weighted by Crippen LogP contribution is 2.60. The molecule has 2 heterocycles. The second-order valence-corrected chi connectivity index (χ2v) is 9.67. The molecular formula is C28H30N2O2. The van der Waals surface area contributed by atoms with E-state index in [4.69, 9.17) is 4.74 Å². The van der Waals surface area contributed by atoms with Gasteiger partial charge in [-0.3, -0.25) is 0 Å². The molecule has 0 spiro atoms. The van der Waals surface area contributed by atoms with Crippen molar-refractivity contribution in [3.05, 3.63) is 94.7 Å². The molecule has 4 nitrogen and oxygen atoms in total.